The van der Waals surface area contributed by atoms with Gasteiger partial charge in [-0.25, -0.2) is 4.39 Å². The minimum absolute atomic E-state index is 0.154. The zero-order chi connectivity index (χ0) is 13.1. The fourth-order valence-electron chi connectivity index (χ4n) is 2.86. The van der Waals surface area contributed by atoms with Crippen LogP contribution >= 0.6 is 0 Å². The molecule has 1 saturated carbocycles. The zero-order valence-corrected chi connectivity index (χ0v) is 11.4. The van der Waals surface area contributed by atoms with Crippen LogP contribution in [0.1, 0.15) is 37.7 Å². The van der Waals surface area contributed by atoms with Crippen molar-refractivity contribution >= 4 is 6.08 Å². The van der Waals surface area contributed by atoms with Gasteiger partial charge < -0.3 is 4.90 Å². The average Bonchev–Trinajstić information content (AvgIpc) is 3.22. The Bertz CT molecular complexity index is 445. The van der Waals surface area contributed by atoms with E-state index in [-0.39, 0.29) is 5.82 Å². The normalized spacial score (nSPS) is 23.5. The van der Waals surface area contributed by atoms with E-state index < -0.39 is 0 Å². The average molecular weight is 259 g/mol. The van der Waals surface area contributed by atoms with Crippen molar-refractivity contribution in [1.29, 1.82) is 0 Å². The highest BCUT2D eigenvalue weighted by Gasteiger charge is 2.24. The van der Waals surface area contributed by atoms with E-state index in [1.165, 1.54) is 57.3 Å². The minimum atomic E-state index is -0.154. The first kappa shape index (κ1) is 12.9. The maximum Gasteiger partial charge on any atom is 0.123 e. The molecule has 2 aliphatic rings. The van der Waals surface area contributed by atoms with Gasteiger partial charge in [0.2, 0.25) is 0 Å². The van der Waals surface area contributed by atoms with Crippen LogP contribution in [-0.2, 0) is 0 Å². The molecule has 0 radical (unpaired) electrons. The molecule has 1 aliphatic carbocycles. The Kier molecular flexibility index (Phi) is 3.97. The van der Waals surface area contributed by atoms with Crippen LogP contribution in [0.15, 0.2) is 29.8 Å². The second-order valence-corrected chi connectivity index (χ2v) is 5.95. The van der Waals surface area contributed by atoms with Crippen molar-refractivity contribution in [3.63, 3.8) is 0 Å². The fourth-order valence-corrected chi connectivity index (χ4v) is 2.86. The minimum Gasteiger partial charge on any atom is -0.303 e. The van der Waals surface area contributed by atoms with Crippen LogP contribution in [-0.4, -0.2) is 24.5 Å². The van der Waals surface area contributed by atoms with E-state index in [0.29, 0.717) is 0 Å². The van der Waals surface area contributed by atoms with Gasteiger partial charge in [0.15, 0.2) is 0 Å². The summed E-state index contributed by atoms with van der Waals surface area (Å²) in [5, 5.41) is 0. The van der Waals surface area contributed by atoms with Crippen LogP contribution in [0.25, 0.3) is 6.08 Å². The van der Waals surface area contributed by atoms with Crippen molar-refractivity contribution in [1.82, 2.24) is 4.90 Å². The Labute approximate surface area is 115 Å². The van der Waals surface area contributed by atoms with Gasteiger partial charge in [0.05, 0.1) is 0 Å². The molecule has 1 nitrogen and oxygen atoms in total. The Morgan fingerprint density at radius 1 is 1.11 bits per heavy atom. The van der Waals surface area contributed by atoms with E-state index in [9.17, 15) is 4.39 Å². The van der Waals surface area contributed by atoms with E-state index in [4.69, 9.17) is 0 Å². The summed E-state index contributed by atoms with van der Waals surface area (Å²) >= 11 is 0. The molecule has 0 unspecified atom stereocenters. The van der Waals surface area contributed by atoms with Gasteiger partial charge in [0, 0.05) is 13.1 Å². The van der Waals surface area contributed by atoms with Crippen molar-refractivity contribution in [2.45, 2.75) is 32.1 Å². The molecule has 1 aliphatic heterocycles. The highest BCUT2D eigenvalue weighted by atomic mass is 19.1. The lowest BCUT2D eigenvalue weighted by Gasteiger charge is -2.18. The SMILES string of the molecule is Fc1ccc(/C=C2\CCCN(CC3CC3)CC2)cc1. The van der Waals surface area contributed by atoms with Crippen LogP contribution in [0.2, 0.25) is 0 Å². The van der Waals surface area contributed by atoms with Crippen molar-refractivity contribution < 1.29 is 4.39 Å². The van der Waals surface area contributed by atoms with Crippen molar-refractivity contribution in [3.8, 4) is 0 Å². The number of rotatable bonds is 3. The van der Waals surface area contributed by atoms with Crippen LogP contribution in [0.3, 0.4) is 0 Å². The van der Waals surface area contributed by atoms with Crippen LogP contribution in [0.5, 0.6) is 0 Å². The topological polar surface area (TPSA) is 3.24 Å². The highest BCUT2D eigenvalue weighted by Crippen LogP contribution is 2.31. The molecule has 1 aromatic rings. The molecule has 2 fully saturated rings. The molecule has 1 saturated heterocycles. The molecule has 19 heavy (non-hydrogen) atoms. The predicted octanol–water partition coefficient (Wildman–Crippen LogP) is 4.11. The molecule has 0 aromatic heterocycles. The smallest absolute Gasteiger partial charge is 0.123 e. The van der Waals surface area contributed by atoms with Crippen molar-refractivity contribution in [2.75, 3.05) is 19.6 Å². The van der Waals surface area contributed by atoms with E-state index in [0.717, 1.165) is 11.5 Å². The number of hydrogen-bond acceptors (Lipinski definition) is 1. The molecule has 102 valence electrons. The molecular formula is C17H22FN. The third kappa shape index (κ3) is 3.90. The van der Waals surface area contributed by atoms with Gasteiger partial charge in [-0.2, -0.15) is 0 Å². The first-order valence-electron chi connectivity index (χ1n) is 7.47. The van der Waals surface area contributed by atoms with E-state index in [2.05, 4.69) is 11.0 Å². The molecule has 1 heterocycles. The van der Waals surface area contributed by atoms with Crippen molar-refractivity contribution in [2.24, 2.45) is 5.92 Å². The van der Waals surface area contributed by atoms with Gasteiger partial charge in [-0.1, -0.05) is 23.8 Å². The molecular weight excluding hydrogens is 237 g/mol. The number of nitrogens with zero attached hydrogens (tertiary/aromatic N) is 1. The number of likely N-dealkylation sites (tertiary alicyclic amines) is 1. The summed E-state index contributed by atoms with van der Waals surface area (Å²) in [4.78, 5) is 2.63. The highest BCUT2D eigenvalue weighted by molar-refractivity contribution is 5.52. The van der Waals surface area contributed by atoms with Crippen LogP contribution in [0.4, 0.5) is 4.39 Å². The number of halogens is 1. The lowest BCUT2D eigenvalue weighted by atomic mass is 10.0. The molecule has 0 amide bonds. The first-order chi connectivity index (χ1) is 9.29. The lowest BCUT2D eigenvalue weighted by molar-refractivity contribution is 0.275. The van der Waals surface area contributed by atoms with Gasteiger partial charge in [0.25, 0.3) is 0 Å². The summed E-state index contributed by atoms with van der Waals surface area (Å²) < 4.78 is 12.9. The summed E-state index contributed by atoms with van der Waals surface area (Å²) in [5.74, 6) is 0.834. The standard InChI is InChI=1S/C17H22FN/c18-17-7-5-15(6-8-17)12-14-2-1-10-19(11-9-14)13-16-3-4-16/h5-8,12,16H,1-4,9-11,13H2/b14-12+. The molecule has 0 atom stereocenters. The molecule has 0 spiro atoms. The Balaban J connectivity index is 1.60. The maximum absolute atomic E-state index is 12.9. The first-order valence-corrected chi connectivity index (χ1v) is 7.47. The van der Waals surface area contributed by atoms with Gasteiger partial charge in [-0.3, -0.25) is 0 Å². The molecule has 2 heteroatoms. The third-order valence-corrected chi connectivity index (χ3v) is 4.18. The summed E-state index contributed by atoms with van der Waals surface area (Å²) in [6.45, 7) is 3.75. The maximum atomic E-state index is 12.9. The molecule has 0 N–H and O–H groups in total. The molecule has 1 aromatic carbocycles. The second kappa shape index (κ2) is 5.87. The molecule has 3 rings (SSSR count). The summed E-state index contributed by atoms with van der Waals surface area (Å²) in [6.07, 6.45) is 8.76. The predicted molar refractivity (Wildman–Crippen MR) is 77.4 cm³/mol. The Morgan fingerprint density at radius 3 is 2.63 bits per heavy atom. The van der Waals surface area contributed by atoms with E-state index in [1.807, 2.05) is 12.1 Å². The van der Waals surface area contributed by atoms with Gasteiger partial charge in [-0.05, 0) is 62.3 Å². The lowest BCUT2D eigenvalue weighted by Crippen LogP contribution is -2.26. The third-order valence-electron chi connectivity index (χ3n) is 4.18. The van der Waals surface area contributed by atoms with E-state index in [1.54, 1.807) is 12.1 Å². The zero-order valence-electron chi connectivity index (χ0n) is 11.4. The van der Waals surface area contributed by atoms with Gasteiger partial charge in [-0.15, -0.1) is 0 Å². The Hall–Kier alpha value is -1.15. The van der Waals surface area contributed by atoms with Gasteiger partial charge >= 0.3 is 0 Å². The summed E-state index contributed by atoms with van der Waals surface area (Å²) in [7, 11) is 0. The second-order valence-electron chi connectivity index (χ2n) is 5.95. The van der Waals surface area contributed by atoms with Gasteiger partial charge in [0.1, 0.15) is 5.82 Å². The number of hydrogen-bond donors (Lipinski definition) is 0. The van der Waals surface area contributed by atoms with Crippen LogP contribution < -0.4 is 0 Å². The number of benzene rings is 1. The van der Waals surface area contributed by atoms with Crippen molar-refractivity contribution in [3.05, 3.63) is 41.2 Å². The Morgan fingerprint density at radius 2 is 1.89 bits per heavy atom. The van der Waals surface area contributed by atoms with Crippen LogP contribution in [0, 0.1) is 11.7 Å². The summed E-state index contributed by atoms with van der Waals surface area (Å²) in [5.41, 5.74) is 2.65. The molecule has 0 bridgehead atoms. The monoisotopic (exact) mass is 259 g/mol. The largest absolute Gasteiger partial charge is 0.303 e. The quantitative estimate of drug-likeness (QED) is 0.789. The fraction of sp³-hybridized carbons (Fsp3) is 0.529. The summed E-state index contributed by atoms with van der Waals surface area (Å²) in [6, 6.07) is 6.83. The van der Waals surface area contributed by atoms with E-state index >= 15 is 0 Å².